The van der Waals surface area contributed by atoms with Crippen LogP contribution in [0.3, 0.4) is 0 Å². The molecule has 1 aromatic rings. The van der Waals surface area contributed by atoms with Crippen LogP contribution in [-0.2, 0) is 9.53 Å². The van der Waals surface area contributed by atoms with Crippen molar-refractivity contribution in [2.24, 2.45) is 5.92 Å². The SMILES string of the molecule is COC(=O)c1scc(C)c1N(CC1CCN(C(=O)O)CC1)C(C)=O. The molecule has 7 nitrogen and oxygen atoms in total. The highest BCUT2D eigenvalue weighted by molar-refractivity contribution is 7.12. The minimum absolute atomic E-state index is 0.137. The van der Waals surface area contributed by atoms with Crippen molar-refractivity contribution in [2.75, 3.05) is 31.6 Å². The Morgan fingerprint density at radius 2 is 2.00 bits per heavy atom. The molecule has 0 aromatic carbocycles. The molecule has 2 heterocycles. The number of amides is 2. The number of esters is 1. The zero-order valence-electron chi connectivity index (χ0n) is 14.1. The number of carboxylic acid groups (broad SMARTS) is 1. The summed E-state index contributed by atoms with van der Waals surface area (Å²) in [5.41, 5.74) is 1.47. The molecule has 0 atom stereocenters. The molecular weight excluding hydrogens is 332 g/mol. The number of piperidine rings is 1. The predicted molar refractivity (Wildman–Crippen MR) is 90.7 cm³/mol. The van der Waals surface area contributed by atoms with Gasteiger partial charge in [0.15, 0.2) is 0 Å². The minimum atomic E-state index is -0.904. The lowest BCUT2D eigenvalue weighted by Gasteiger charge is -2.33. The van der Waals surface area contributed by atoms with Crippen LogP contribution in [0, 0.1) is 12.8 Å². The number of hydrogen-bond acceptors (Lipinski definition) is 5. The fraction of sp³-hybridized carbons (Fsp3) is 0.562. The van der Waals surface area contributed by atoms with Crippen molar-refractivity contribution >= 4 is 35.0 Å². The summed E-state index contributed by atoms with van der Waals surface area (Å²) >= 11 is 1.27. The molecule has 0 saturated carbocycles. The second-order valence-electron chi connectivity index (χ2n) is 5.93. The van der Waals surface area contributed by atoms with Gasteiger partial charge in [-0.1, -0.05) is 0 Å². The fourth-order valence-electron chi connectivity index (χ4n) is 2.95. The number of ether oxygens (including phenoxy) is 1. The Kier molecular flexibility index (Phi) is 5.82. The molecule has 24 heavy (non-hydrogen) atoms. The summed E-state index contributed by atoms with van der Waals surface area (Å²) < 4.78 is 4.81. The van der Waals surface area contributed by atoms with Gasteiger partial charge in [0.25, 0.3) is 0 Å². The molecule has 1 aliphatic rings. The first-order chi connectivity index (χ1) is 11.3. The Balaban J connectivity index is 2.17. The maximum Gasteiger partial charge on any atom is 0.407 e. The zero-order chi connectivity index (χ0) is 17.9. The average molecular weight is 354 g/mol. The van der Waals surface area contributed by atoms with Crippen LogP contribution >= 0.6 is 11.3 Å². The molecule has 2 amide bonds. The van der Waals surface area contributed by atoms with E-state index in [9.17, 15) is 14.4 Å². The predicted octanol–water partition coefficient (Wildman–Crippen LogP) is 2.59. The summed E-state index contributed by atoms with van der Waals surface area (Å²) in [4.78, 5) is 38.6. The van der Waals surface area contributed by atoms with Gasteiger partial charge in [-0.25, -0.2) is 9.59 Å². The van der Waals surface area contributed by atoms with Gasteiger partial charge in [0.1, 0.15) is 4.88 Å². The van der Waals surface area contributed by atoms with Gasteiger partial charge in [-0.05, 0) is 36.6 Å². The van der Waals surface area contributed by atoms with Gasteiger partial charge in [0, 0.05) is 26.6 Å². The number of nitrogens with zero attached hydrogens (tertiary/aromatic N) is 2. The van der Waals surface area contributed by atoms with E-state index < -0.39 is 12.1 Å². The summed E-state index contributed by atoms with van der Waals surface area (Å²) in [6.07, 6.45) is 0.498. The van der Waals surface area contributed by atoms with Crippen molar-refractivity contribution in [1.29, 1.82) is 0 Å². The quantitative estimate of drug-likeness (QED) is 0.840. The highest BCUT2D eigenvalue weighted by Gasteiger charge is 2.29. The summed E-state index contributed by atoms with van der Waals surface area (Å²) in [6.45, 7) is 4.76. The van der Waals surface area contributed by atoms with Gasteiger partial charge >= 0.3 is 12.1 Å². The number of methoxy groups -OCH3 is 1. The number of anilines is 1. The first kappa shape index (κ1) is 18.3. The van der Waals surface area contributed by atoms with Gasteiger partial charge < -0.3 is 19.6 Å². The number of carbonyl (C=O) groups is 3. The van der Waals surface area contributed by atoms with E-state index in [4.69, 9.17) is 9.84 Å². The van der Waals surface area contributed by atoms with Gasteiger partial charge in [-0.15, -0.1) is 11.3 Å². The van der Waals surface area contributed by atoms with Gasteiger partial charge in [-0.3, -0.25) is 4.79 Å². The second kappa shape index (κ2) is 7.65. The van der Waals surface area contributed by atoms with E-state index in [-0.39, 0.29) is 11.8 Å². The standard InChI is InChI=1S/C16H22N2O5S/c1-10-9-24-14(15(20)23-3)13(10)18(11(2)19)8-12-4-6-17(7-5-12)16(21)22/h9,12H,4-8H2,1-3H3,(H,21,22). The molecule has 2 rings (SSSR count). The summed E-state index contributed by atoms with van der Waals surface area (Å²) in [5.74, 6) is -0.383. The molecule has 0 aliphatic carbocycles. The number of rotatable bonds is 4. The van der Waals surface area contributed by atoms with Gasteiger partial charge in [-0.2, -0.15) is 0 Å². The van der Waals surface area contributed by atoms with Crippen LogP contribution in [-0.4, -0.2) is 54.7 Å². The molecular formula is C16H22N2O5S. The van der Waals surface area contributed by atoms with Crippen LogP contribution in [0.1, 0.15) is 35.0 Å². The molecule has 132 valence electrons. The van der Waals surface area contributed by atoms with E-state index in [0.717, 1.165) is 5.56 Å². The van der Waals surface area contributed by atoms with Crippen molar-refractivity contribution in [3.63, 3.8) is 0 Å². The van der Waals surface area contributed by atoms with Crippen molar-refractivity contribution in [3.8, 4) is 0 Å². The Bertz CT molecular complexity index is 634. The van der Waals surface area contributed by atoms with E-state index in [0.29, 0.717) is 43.0 Å². The molecule has 0 bridgehead atoms. The maximum atomic E-state index is 12.2. The van der Waals surface area contributed by atoms with Crippen LogP contribution in [0.4, 0.5) is 10.5 Å². The number of likely N-dealkylation sites (tertiary alicyclic amines) is 1. The van der Waals surface area contributed by atoms with E-state index in [2.05, 4.69) is 0 Å². The third-order valence-electron chi connectivity index (χ3n) is 4.29. The van der Waals surface area contributed by atoms with E-state index >= 15 is 0 Å². The largest absolute Gasteiger partial charge is 0.465 e. The first-order valence-corrected chi connectivity index (χ1v) is 8.65. The summed E-state index contributed by atoms with van der Waals surface area (Å²) in [7, 11) is 1.32. The molecule has 1 aliphatic heterocycles. The number of carbonyl (C=O) groups excluding carboxylic acids is 2. The van der Waals surface area contributed by atoms with Crippen molar-refractivity contribution < 1.29 is 24.2 Å². The molecule has 0 radical (unpaired) electrons. The third kappa shape index (κ3) is 3.87. The molecule has 1 saturated heterocycles. The smallest absolute Gasteiger partial charge is 0.407 e. The third-order valence-corrected chi connectivity index (χ3v) is 5.36. The Labute approximate surface area is 144 Å². The van der Waals surface area contributed by atoms with E-state index in [1.165, 1.54) is 30.3 Å². The van der Waals surface area contributed by atoms with Crippen LogP contribution in [0.5, 0.6) is 0 Å². The normalized spacial score (nSPS) is 15.2. The van der Waals surface area contributed by atoms with Crippen molar-refractivity contribution in [2.45, 2.75) is 26.7 Å². The Morgan fingerprint density at radius 3 is 2.50 bits per heavy atom. The number of hydrogen-bond donors (Lipinski definition) is 1. The summed E-state index contributed by atoms with van der Waals surface area (Å²) in [5, 5.41) is 10.9. The van der Waals surface area contributed by atoms with Crippen LogP contribution in [0.2, 0.25) is 0 Å². The van der Waals surface area contributed by atoms with Gasteiger partial charge in [0.05, 0.1) is 12.8 Å². The molecule has 0 spiro atoms. The van der Waals surface area contributed by atoms with E-state index in [1.54, 1.807) is 4.90 Å². The average Bonchev–Trinajstić information content (AvgIpc) is 2.93. The zero-order valence-corrected chi connectivity index (χ0v) is 14.9. The number of aryl methyl sites for hydroxylation is 1. The summed E-state index contributed by atoms with van der Waals surface area (Å²) in [6, 6.07) is 0. The Hall–Kier alpha value is -2.09. The maximum absolute atomic E-state index is 12.2. The fourth-order valence-corrected chi connectivity index (χ4v) is 3.92. The lowest BCUT2D eigenvalue weighted by Crippen LogP contribution is -2.42. The molecule has 1 fully saturated rings. The molecule has 1 aromatic heterocycles. The number of thiophene rings is 1. The van der Waals surface area contributed by atoms with Crippen molar-refractivity contribution in [3.05, 3.63) is 15.8 Å². The topological polar surface area (TPSA) is 87.2 Å². The second-order valence-corrected chi connectivity index (χ2v) is 6.81. The van der Waals surface area contributed by atoms with Gasteiger partial charge in [0.2, 0.25) is 5.91 Å². The van der Waals surface area contributed by atoms with Crippen molar-refractivity contribution in [1.82, 2.24) is 4.90 Å². The van der Waals surface area contributed by atoms with E-state index in [1.807, 2.05) is 12.3 Å². The molecule has 0 unspecified atom stereocenters. The Morgan fingerprint density at radius 1 is 1.38 bits per heavy atom. The highest BCUT2D eigenvalue weighted by Crippen LogP contribution is 2.33. The lowest BCUT2D eigenvalue weighted by molar-refractivity contribution is -0.116. The highest BCUT2D eigenvalue weighted by atomic mass is 32.1. The minimum Gasteiger partial charge on any atom is -0.465 e. The molecule has 1 N–H and O–H groups in total. The lowest BCUT2D eigenvalue weighted by atomic mass is 9.96. The van der Waals surface area contributed by atoms with Crippen LogP contribution < -0.4 is 4.90 Å². The van der Waals surface area contributed by atoms with Crippen LogP contribution in [0.25, 0.3) is 0 Å². The monoisotopic (exact) mass is 354 g/mol. The molecule has 8 heteroatoms. The van der Waals surface area contributed by atoms with Crippen LogP contribution in [0.15, 0.2) is 5.38 Å². The first-order valence-electron chi connectivity index (χ1n) is 7.77.